The molecule has 2 N–H and O–H groups in total. The topological polar surface area (TPSA) is 107 Å². The van der Waals surface area contributed by atoms with Gasteiger partial charge >= 0.3 is 5.69 Å². The number of aryl methyl sites for hydroxylation is 1. The summed E-state index contributed by atoms with van der Waals surface area (Å²) < 4.78 is 4.94. The number of nitrogens with two attached hydrogens (primary N) is 1. The Labute approximate surface area is 105 Å². The molecule has 1 rings (SSSR count). The lowest BCUT2D eigenvalue weighted by molar-refractivity contribution is -0.385. The summed E-state index contributed by atoms with van der Waals surface area (Å²) in [7, 11) is 3.33. The number of aromatic nitrogens is 2. The van der Waals surface area contributed by atoms with Crippen LogP contribution >= 0.6 is 0 Å². The van der Waals surface area contributed by atoms with Crippen molar-refractivity contribution in [3.05, 3.63) is 15.8 Å². The van der Waals surface area contributed by atoms with Gasteiger partial charge in [-0.2, -0.15) is 4.98 Å². The molecule has 100 valence electrons. The first-order valence-corrected chi connectivity index (χ1v) is 5.46. The van der Waals surface area contributed by atoms with E-state index in [9.17, 15) is 10.1 Å². The van der Waals surface area contributed by atoms with Crippen LogP contribution in [0, 0.1) is 17.0 Å². The van der Waals surface area contributed by atoms with Crippen molar-refractivity contribution >= 4 is 17.5 Å². The second-order valence-corrected chi connectivity index (χ2v) is 3.86. The number of methoxy groups -OCH3 is 1. The van der Waals surface area contributed by atoms with Crippen LogP contribution in [0.2, 0.25) is 0 Å². The van der Waals surface area contributed by atoms with Crippen molar-refractivity contribution in [1.82, 2.24) is 9.97 Å². The molecular weight excluding hydrogens is 238 g/mol. The molecule has 1 aromatic rings. The molecule has 0 radical (unpaired) electrons. The number of hydrogen-bond donors (Lipinski definition) is 1. The zero-order valence-electron chi connectivity index (χ0n) is 10.7. The van der Waals surface area contributed by atoms with E-state index in [1.807, 2.05) is 0 Å². The largest absolute Gasteiger partial charge is 0.385 e. The van der Waals surface area contributed by atoms with E-state index in [-0.39, 0.29) is 23.1 Å². The summed E-state index contributed by atoms with van der Waals surface area (Å²) in [5.74, 6) is 0.271. The molecule has 8 heteroatoms. The van der Waals surface area contributed by atoms with Gasteiger partial charge in [0, 0.05) is 27.3 Å². The third-order valence-corrected chi connectivity index (χ3v) is 2.44. The third-order valence-electron chi connectivity index (χ3n) is 2.44. The highest BCUT2D eigenvalue weighted by molar-refractivity contribution is 5.61. The van der Waals surface area contributed by atoms with Crippen molar-refractivity contribution in [2.75, 3.05) is 37.9 Å². The van der Waals surface area contributed by atoms with Crippen molar-refractivity contribution in [2.45, 2.75) is 13.3 Å². The lowest BCUT2D eigenvalue weighted by Gasteiger charge is -2.18. The van der Waals surface area contributed by atoms with Gasteiger partial charge in [0.05, 0.1) is 4.92 Å². The molecule has 0 unspecified atom stereocenters. The molecule has 8 nitrogen and oxygen atoms in total. The number of nitro groups is 1. The van der Waals surface area contributed by atoms with Gasteiger partial charge in [0.15, 0.2) is 0 Å². The number of hydrogen-bond acceptors (Lipinski definition) is 7. The normalized spacial score (nSPS) is 10.4. The summed E-state index contributed by atoms with van der Waals surface area (Å²) in [4.78, 5) is 20.0. The first kappa shape index (κ1) is 14.1. The Bertz CT molecular complexity index is 438. The Morgan fingerprint density at radius 2 is 2.17 bits per heavy atom. The highest BCUT2D eigenvalue weighted by Crippen LogP contribution is 2.28. The average molecular weight is 255 g/mol. The molecule has 0 saturated heterocycles. The zero-order valence-corrected chi connectivity index (χ0v) is 10.7. The van der Waals surface area contributed by atoms with E-state index >= 15 is 0 Å². The van der Waals surface area contributed by atoms with E-state index in [0.717, 1.165) is 6.42 Å². The van der Waals surface area contributed by atoms with E-state index in [1.54, 1.807) is 26.0 Å². The first-order chi connectivity index (χ1) is 8.47. The number of nitrogens with zero attached hydrogens (tertiary/aromatic N) is 4. The van der Waals surface area contributed by atoms with Gasteiger partial charge in [-0.1, -0.05) is 0 Å². The van der Waals surface area contributed by atoms with Crippen LogP contribution in [0.3, 0.4) is 0 Å². The maximum atomic E-state index is 11.0. The van der Waals surface area contributed by atoms with Crippen LogP contribution in [-0.2, 0) is 4.74 Å². The predicted octanol–water partition coefficient (Wildman–Crippen LogP) is 0.748. The van der Waals surface area contributed by atoms with Crippen molar-refractivity contribution < 1.29 is 9.66 Å². The molecule has 0 aliphatic rings. The van der Waals surface area contributed by atoms with Crippen LogP contribution in [0.1, 0.15) is 12.1 Å². The van der Waals surface area contributed by atoms with E-state index in [4.69, 9.17) is 10.5 Å². The Balaban J connectivity index is 3.02. The molecule has 0 bridgehead atoms. The summed E-state index contributed by atoms with van der Waals surface area (Å²) in [5.41, 5.74) is 5.68. The molecule has 0 aliphatic heterocycles. The monoisotopic (exact) mass is 255 g/mol. The summed E-state index contributed by atoms with van der Waals surface area (Å²) in [6.45, 7) is 2.71. The molecule has 18 heavy (non-hydrogen) atoms. The number of ether oxygens (including phenoxy) is 1. The molecule has 1 aromatic heterocycles. The Morgan fingerprint density at radius 1 is 1.50 bits per heavy atom. The second kappa shape index (κ2) is 6.10. The van der Waals surface area contributed by atoms with E-state index in [1.165, 1.54) is 0 Å². The highest BCUT2D eigenvalue weighted by atomic mass is 16.6. The molecule has 1 heterocycles. The van der Waals surface area contributed by atoms with E-state index in [0.29, 0.717) is 13.2 Å². The fraction of sp³-hybridized carbons (Fsp3) is 0.600. The van der Waals surface area contributed by atoms with Gasteiger partial charge in [-0.15, -0.1) is 0 Å². The van der Waals surface area contributed by atoms with Crippen molar-refractivity contribution in [3.63, 3.8) is 0 Å². The van der Waals surface area contributed by atoms with Crippen LogP contribution in [0.4, 0.5) is 17.5 Å². The number of rotatable bonds is 6. The summed E-state index contributed by atoms with van der Waals surface area (Å²) in [5, 5.41) is 11.0. The van der Waals surface area contributed by atoms with Crippen molar-refractivity contribution in [3.8, 4) is 0 Å². The van der Waals surface area contributed by atoms with Crippen LogP contribution < -0.4 is 10.6 Å². The van der Waals surface area contributed by atoms with Crippen LogP contribution in [0.15, 0.2) is 0 Å². The van der Waals surface area contributed by atoms with E-state index < -0.39 is 4.92 Å². The molecule has 0 saturated carbocycles. The van der Waals surface area contributed by atoms with Gasteiger partial charge < -0.3 is 15.4 Å². The van der Waals surface area contributed by atoms with Gasteiger partial charge in [0.1, 0.15) is 5.69 Å². The molecule has 0 aliphatic carbocycles. The maximum absolute atomic E-state index is 11.0. The van der Waals surface area contributed by atoms with Crippen LogP contribution in [0.5, 0.6) is 0 Å². The van der Waals surface area contributed by atoms with Gasteiger partial charge in [-0.25, -0.2) is 4.98 Å². The van der Waals surface area contributed by atoms with Gasteiger partial charge in [-0.05, 0) is 13.3 Å². The lowest BCUT2D eigenvalue weighted by atomic mass is 10.3. The number of nitrogen functional groups attached to an aromatic ring is 1. The zero-order chi connectivity index (χ0) is 13.7. The smallest absolute Gasteiger partial charge is 0.332 e. The quantitative estimate of drug-likeness (QED) is 0.454. The molecule has 0 aromatic carbocycles. The van der Waals surface area contributed by atoms with Gasteiger partial charge in [-0.3, -0.25) is 10.1 Å². The fourth-order valence-corrected chi connectivity index (χ4v) is 1.60. The van der Waals surface area contributed by atoms with Crippen LogP contribution in [-0.4, -0.2) is 42.2 Å². The minimum absolute atomic E-state index is 0.0340. The SMILES string of the molecule is COCCCN(C)c1nc(N)nc(C)c1[N+](=O)[O-]. The van der Waals surface area contributed by atoms with Gasteiger partial charge in [0.25, 0.3) is 0 Å². The molecule has 0 amide bonds. The van der Waals surface area contributed by atoms with Crippen molar-refractivity contribution in [1.29, 1.82) is 0 Å². The summed E-state index contributed by atoms with van der Waals surface area (Å²) in [6.07, 6.45) is 0.743. The summed E-state index contributed by atoms with van der Waals surface area (Å²) >= 11 is 0. The number of anilines is 2. The summed E-state index contributed by atoms with van der Waals surface area (Å²) in [6, 6.07) is 0. The fourth-order valence-electron chi connectivity index (χ4n) is 1.60. The second-order valence-electron chi connectivity index (χ2n) is 3.86. The minimum atomic E-state index is -0.489. The highest BCUT2D eigenvalue weighted by Gasteiger charge is 2.23. The van der Waals surface area contributed by atoms with Gasteiger partial charge in [0.2, 0.25) is 11.8 Å². The molecule has 0 atom stereocenters. The Kier molecular flexibility index (Phi) is 4.78. The minimum Gasteiger partial charge on any atom is -0.385 e. The van der Waals surface area contributed by atoms with Crippen molar-refractivity contribution in [2.24, 2.45) is 0 Å². The lowest BCUT2D eigenvalue weighted by Crippen LogP contribution is -2.23. The standard InChI is InChI=1S/C10H17N5O3/c1-7-8(15(16)17)9(13-10(11)12-7)14(2)5-4-6-18-3/h4-6H2,1-3H3,(H2,11,12,13). The van der Waals surface area contributed by atoms with Crippen LogP contribution in [0.25, 0.3) is 0 Å². The Morgan fingerprint density at radius 3 is 2.72 bits per heavy atom. The molecule has 0 fully saturated rings. The van der Waals surface area contributed by atoms with E-state index in [2.05, 4.69) is 9.97 Å². The molecular formula is C10H17N5O3. The third kappa shape index (κ3) is 3.27. The predicted molar refractivity (Wildman–Crippen MR) is 67.6 cm³/mol. The Hall–Kier alpha value is -1.96. The average Bonchev–Trinajstić information content (AvgIpc) is 2.27. The maximum Gasteiger partial charge on any atom is 0.332 e. The molecule has 0 spiro atoms. The first-order valence-electron chi connectivity index (χ1n) is 5.46.